The van der Waals surface area contributed by atoms with Crippen molar-refractivity contribution in [3.05, 3.63) is 65.2 Å². The van der Waals surface area contributed by atoms with Gasteiger partial charge in [0, 0.05) is 12.1 Å². The van der Waals surface area contributed by atoms with Crippen molar-refractivity contribution in [2.24, 2.45) is 16.5 Å². The monoisotopic (exact) mass is 340 g/mol. The van der Waals surface area contributed by atoms with Gasteiger partial charge < -0.3 is 21.5 Å². The Bertz CT molecular complexity index is 798. The van der Waals surface area contributed by atoms with Crippen molar-refractivity contribution in [1.82, 2.24) is 5.32 Å². The van der Waals surface area contributed by atoms with Crippen LogP contribution in [0.25, 0.3) is 0 Å². The molecule has 2 aromatic rings. The van der Waals surface area contributed by atoms with E-state index >= 15 is 0 Å². The van der Waals surface area contributed by atoms with Crippen molar-refractivity contribution in [3.63, 3.8) is 0 Å². The summed E-state index contributed by atoms with van der Waals surface area (Å²) in [5.74, 6) is -0.622. The molecule has 0 radical (unpaired) electrons. The van der Waals surface area contributed by atoms with E-state index in [1.807, 2.05) is 24.3 Å². The van der Waals surface area contributed by atoms with Gasteiger partial charge in [-0.25, -0.2) is 4.99 Å². The third kappa shape index (κ3) is 5.65. The summed E-state index contributed by atoms with van der Waals surface area (Å²) in [5.41, 5.74) is 13.3. The second-order valence-electron chi connectivity index (χ2n) is 5.34. The van der Waals surface area contributed by atoms with Gasteiger partial charge in [0.05, 0.1) is 19.2 Å². The minimum absolute atomic E-state index is 0.0695. The van der Waals surface area contributed by atoms with Crippen molar-refractivity contribution in [3.8, 4) is 0 Å². The van der Waals surface area contributed by atoms with Crippen LogP contribution in [0.15, 0.2) is 53.5 Å². The standard InChI is InChI=1S/C18H20N4O3/c1-25-16(23)9-12-4-2-5-13(8-12)11-21-17(24)14-6-3-7-15(10-14)22-18(19)20/h2-8,10H,9,11H2,1H3,(H,21,24)(H4,19,20,22). The van der Waals surface area contributed by atoms with E-state index in [4.69, 9.17) is 11.5 Å². The number of carbonyl (C=O) groups excluding carboxylic acids is 2. The van der Waals surface area contributed by atoms with E-state index in [1.54, 1.807) is 24.3 Å². The van der Waals surface area contributed by atoms with Crippen LogP contribution >= 0.6 is 0 Å². The van der Waals surface area contributed by atoms with Crippen LogP contribution in [0.3, 0.4) is 0 Å². The van der Waals surface area contributed by atoms with Crippen LogP contribution in [0.5, 0.6) is 0 Å². The van der Waals surface area contributed by atoms with E-state index in [1.165, 1.54) is 7.11 Å². The molecule has 0 atom stereocenters. The minimum Gasteiger partial charge on any atom is -0.469 e. The number of nitrogens with two attached hydrogens (primary N) is 2. The van der Waals surface area contributed by atoms with Gasteiger partial charge in [0.1, 0.15) is 0 Å². The van der Waals surface area contributed by atoms with Crippen LogP contribution in [0.2, 0.25) is 0 Å². The Hall–Kier alpha value is -3.35. The summed E-state index contributed by atoms with van der Waals surface area (Å²) in [4.78, 5) is 27.5. The molecule has 0 unspecified atom stereocenters. The molecule has 0 saturated carbocycles. The van der Waals surface area contributed by atoms with Gasteiger partial charge >= 0.3 is 5.97 Å². The molecule has 2 rings (SSSR count). The molecule has 1 amide bonds. The fourth-order valence-electron chi connectivity index (χ4n) is 2.24. The summed E-state index contributed by atoms with van der Waals surface area (Å²) >= 11 is 0. The van der Waals surface area contributed by atoms with Crippen LogP contribution in [-0.4, -0.2) is 24.9 Å². The summed E-state index contributed by atoms with van der Waals surface area (Å²) in [6.07, 6.45) is 0.193. The predicted molar refractivity (Wildman–Crippen MR) is 95.2 cm³/mol. The number of nitrogens with one attached hydrogen (secondary N) is 1. The van der Waals surface area contributed by atoms with Crippen LogP contribution in [0.4, 0.5) is 5.69 Å². The largest absolute Gasteiger partial charge is 0.469 e. The van der Waals surface area contributed by atoms with Gasteiger partial charge in [0.15, 0.2) is 5.96 Å². The highest BCUT2D eigenvalue weighted by atomic mass is 16.5. The molecule has 0 heterocycles. The van der Waals surface area contributed by atoms with E-state index in [2.05, 4.69) is 15.0 Å². The maximum absolute atomic E-state index is 12.3. The van der Waals surface area contributed by atoms with Crippen LogP contribution in [0.1, 0.15) is 21.5 Å². The Morgan fingerprint density at radius 1 is 1.08 bits per heavy atom. The van der Waals surface area contributed by atoms with Gasteiger partial charge in [0.25, 0.3) is 5.91 Å². The lowest BCUT2D eigenvalue weighted by atomic mass is 10.1. The van der Waals surface area contributed by atoms with Gasteiger partial charge in [-0.2, -0.15) is 0 Å². The summed E-state index contributed by atoms with van der Waals surface area (Å²) < 4.78 is 4.65. The van der Waals surface area contributed by atoms with Crippen molar-refractivity contribution in [2.75, 3.05) is 7.11 Å². The molecule has 7 nitrogen and oxygen atoms in total. The molecule has 0 aliphatic carbocycles. The quantitative estimate of drug-likeness (QED) is 0.415. The van der Waals surface area contributed by atoms with Crippen molar-refractivity contribution < 1.29 is 14.3 Å². The average Bonchev–Trinajstić information content (AvgIpc) is 2.59. The van der Waals surface area contributed by atoms with E-state index in [9.17, 15) is 9.59 Å². The predicted octanol–water partition coefficient (Wildman–Crippen LogP) is 1.24. The van der Waals surface area contributed by atoms with Gasteiger partial charge in [-0.15, -0.1) is 0 Å². The SMILES string of the molecule is COC(=O)Cc1cccc(CNC(=O)c2cccc(N=C(N)N)c2)c1. The Kier molecular flexibility index (Phi) is 6.11. The molecule has 2 aromatic carbocycles. The third-order valence-corrected chi connectivity index (χ3v) is 3.39. The first-order valence-corrected chi connectivity index (χ1v) is 7.60. The molecular weight excluding hydrogens is 320 g/mol. The highest BCUT2D eigenvalue weighted by molar-refractivity contribution is 5.95. The number of hydrogen-bond donors (Lipinski definition) is 3. The molecule has 25 heavy (non-hydrogen) atoms. The molecule has 0 aliphatic rings. The topological polar surface area (TPSA) is 120 Å². The van der Waals surface area contributed by atoms with Crippen LogP contribution < -0.4 is 16.8 Å². The number of guanidine groups is 1. The number of methoxy groups -OCH3 is 1. The molecule has 0 bridgehead atoms. The number of aliphatic imine (C=N–C) groups is 1. The lowest BCUT2D eigenvalue weighted by Crippen LogP contribution is -2.23. The van der Waals surface area contributed by atoms with Gasteiger partial charge in [-0.3, -0.25) is 9.59 Å². The average molecular weight is 340 g/mol. The molecule has 0 spiro atoms. The molecule has 0 saturated heterocycles. The highest BCUT2D eigenvalue weighted by Crippen LogP contribution is 2.14. The zero-order chi connectivity index (χ0) is 18.2. The normalized spacial score (nSPS) is 9.96. The second-order valence-corrected chi connectivity index (χ2v) is 5.34. The number of benzene rings is 2. The lowest BCUT2D eigenvalue weighted by molar-refractivity contribution is -0.139. The molecular formula is C18H20N4O3. The third-order valence-electron chi connectivity index (χ3n) is 3.39. The first-order valence-electron chi connectivity index (χ1n) is 7.60. The van der Waals surface area contributed by atoms with E-state index in [-0.39, 0.29) is 24.3 Å². The smallest absolute Gasteiger partial charge is 0.309 e. The Morgan fingerprint density at radius 3 is 2.52 bits per heavy atom. The number of rotatable bonds is 6. The molecule has 5 N–H and O–H groups in total. The number of ether oxygens (including phenoxy) is 1. The molecule has 130 valence electrons. The number of hydrogen-bond acceptors (Lipinski definition) is 4. The Labute approximate surface area is 145 Å². The van der Waals surface area contributed by atoms with Gasteiger partial charge in [-0.05, 0) is 29.3 Å². The van der Waals surface area contributed by atoms with E-state index in [0.717, 1.165) is 11.1 Å². The van der Waals surface area contributed by atoms with E-state index < -0.39 is 0 Å². The maximum atomic E-state index is 12.3. The molecule has 0 aromatic heterocycles. The van der Waals surface area contributed by atoms with Gasteiger partial charge in [0.2, 0.25) is 0 Å². The zero-order valence-corrected chi connectivity index (χ0v) is 13.9. The summed E-state index contributed by atoms with van der Waals surface area (Å²) in [7, 11) is 1.35. The van der Waals surface area contributed by atoms with Crippen molar-refractivity contribution in [1.29, 1.82) is 0 Å². The highest BCUT2D eigenvalue weighted by Gasteiger charge is 2.07. The lowest BCUT2D eigenvalue weighted by Gasteiger charge is -2.08. The second kappa shape index (κ2) is 8.49. The molecule has 0 fully saturated rings. The minimum atomic E-state index is -0.308. The number of esters is 1. The fourth-order valence-corrected chi connectivity index (χ4v) is 2.24. The molecule has 0 aliphatic heterocycles. The van der Waals surface area contributed by atoms with Gasteiger partial charge in [-0.1, -0.05) is 30.3 Å². The fraction of sp³-hybridized carbons (Fsp3) is 0.167. The summed E-state index contributed by atoms with van der Waals surface area (Å²) in [5, 5.41) is 2.82. The maximum Gasteiger partial charge on any atom is 0.309 e. The summed E-state index contributed by atoms with van der Waals surface area (Å²) in [6.45, 7) is 0.334. The Morgan fingerprint density at radius 2 is 1.80 bits per heavy atom. The molecule has 7 heteroatoms. The van der Waals surface area contributed by atoms with E-state index in [0.29, 0.717) is 17.8 Å². The number of amides is 1. The zero-order valence-electron chi connectivity index (χ0n) is 13.9. The van der Waals surface area contributed by atoms with Crippen LogP contribution in [-0.2, 0) is 22.5 Å². The first-order chi connectivity index (χ1) is 12.0. The number of nitrogens with zero attached hydrogens (tertiary/aromatic N) is 1. The van der Waals surface area contributed by atoms with Crippen LogP contribution in [0, 0.1) is 0 Å². The summed E-state index contributed by atoms with van der Waals surface area (Å²) in [6, 6.07) is 14.1. The number of carbonyl (C=O) groups is 2. The first kappa shape index (κ1) is 18.0. The Balaban J connectivity index is 2.01. The van der Waals surface area contributed by atoms with Crippen molar-refractivity contribution >= 4 is 23.5 Å². The van der Waals surface area contributed by atoms with Crippen molar-refractivity contribution in [2.45, 2.75) is 13.0 Å².